The van der Waals surface area contributed by atoms with Gasteiger partial charge in [0.05, 0.1) is 42.0 Å². The van der Waals surface area contributed by atoms with Crippen molar-refractivity contribution in [3.8, 4) is 5.75 Å². The molecule has 0 radical (unpaired) electrons. The van der Waals surface area contributed by atoms with E-state index in [-0.39, 0.29) is 35.1 Å². The Morgan fingerprint density at radius 1 is 1.00 bits per heavy atom. The number of aliphatic hydroxyl groups is 1. The van der Waals surface area contributed by atoms with Crippen LogP contribution >= 0.6 is 0 Å². The number of rotatable bonds is 4. The molecule has 4 aromatic rings. The highest BCUT2D eigenvalue weighted by Gasteiger charge is 2.89. The highest BCUT2D eigenvalue weighted by Crippen LogP contribution is 2.81. The molecule has 1 spiro atoms. The number of aliphatic hydroxyl groups excluding tert-OH is 1. The molecule has 8 atom stereocenters. The first-order chi connectivity index (χ1) is 25.4. The molecule has 1 aliphatic heterocycles. The van der Waals surface area contributed by atoms with Crippen LogP contribution in [0.5, 0.6) is 5.75 Å². The van der Waals surface area contributed by atoms with Crippen LogP contribution in [0.15, 0.2) is 84.4 Å². The summed E-state index contributed by atoms with van der Waals surface area (Å²) in [7, 11) is 1.63. The van der Waals surface area contributed by atoms with Crippen LogP contribution in [-0.2, 0) is 23.9 Å². The molecule has 0 amide bonds. The van der Waals surface area contributed by atoms with Crippen LogP contribution in [0.25, 0.3) is 21.9 Å². The van der Waals surface area contributed by atoms with Crippen LogP contribution in [0.2, 0.25) is 0 Å². The van der Waals surface area contributed by atoms with E-state index in [1.54, 1.807) is 57.8 Å². The highest BCUT2D eigenvalue weighted by atomic mass is 16.6. The summed E-state index contributed by atoms with van der Waals surface area (Å²) in [4.78, 5) is 50.8. The zero-order chi connectivity index (χ0) is 38.9. The summed E-state index contributed by atoms with van der Waals surface area (Å²) >= 11 is 0. The standard InChI is InChI=1S/C28H32O7.C15H14O4/c1-14(29)34-17-12-26(5)16(15-8-10-33-13-15)11-19-28(26,35-19)27(6)21(17)25(4)9-7-18(30)24(2,3)22(25)20(31)23(27)32;1-8(2)14-15(17-3)10-6-9-4-5-13(16)18-11(9)7-12(10)19-14/h7-10,13,16-17,19,21,31H,11-12H2,1-6H3;4-8H,1-3H3. The molecule has 54 heavy (non-hydrogen) atoms. The van der Waals surface area contributed by atoms with E-state index < -0.39 is 51.0 Å². The van der Waals surface area contributed by atoms with E-state index in [1.807, 2.05) is 39.8 Å². The largest absolute Gasteiger partial charge is 0.504 e. The predicted molar refractivity (Wildman–Crippen MR) is 197 cm³/mol. The van der Waals surface area contributed by atoms with Gasteiger partial charge < -0.3 is 32.6 Å². The fourth-order valence-electron chi connectivity index (χ4n) is 11.5. The molecule has 4 aliphatic carbocycles. The van der Waals surface area contributed by atoms with Gasteiger partial charge in [-0.15, -0.1) is 0 Å². The Morgan fingerprint density at radius 3 is 2.39 bits per heavy atom. The van der Waals surface area contributed by atoms with Crippen LogP contribution in [0.1, 0.15) is 91.4 Å². The number of ether oxygens (including phenoxy) is 3. The zero-order valence-electron chi connectivity index (χ0n) is 32.0. The van der Waals surface area contributed by atoms with Gasteiger partial charge in [-0.3, -0.25) is 14.4 Å². The van der Waals surface area contributed by atoms with Gasteiger partial charge in [0.25, 0.3) is 0 Å². The molecule has 11 heteroatoms. The van der Waals surface area contributed by atoms with Gasteiger partial charge in [0.1, 0.15) is 28.6 Å². The van der Waals surface area contributed by atoms with E-state index in [0.29, 0.717) is 29.6 Å². The number of carbonyl (C=O) groups excluding carboxylic acids is 3. The SMILES string of the molecule is CC(=O)OC1CC2(C)C(c3ccoc3)CC3OC32C2(C)C(=O)C(O)=C3C(C)(C)C(=O)C=CC3(C)C12.COc1c(C(C)C)oc2cc3oc(=O)ccc3cc12. The normalized spacial score (nSPS) is 34.6. The molecule has 1 aromatic carbocycles. The van der Waals surface area contributed by atoms with Gasteiger partial charge in [0, 0.05) is 47.1 Å². The van der Waals surface area contributed by atoms with E-state index in [0.717, 1.165) is 27.8 Å². The van der Waals surface area contributed by atoms with Crippen LogP contribution in [0.4, 0.5) is 0 Å². The third-order valence-electron chi connectivity index (χ3n) is 13.5. The fourth-order valence-corrected chi connectivity index (χ4v) is 11.5. The summed E-state index contributed by atoms with van der Waals surface area (Å²) < 4.78 is 34.3. The molecule has 1 N–H and O–H groups in total. The summed E-state index contributed by atoms with van der Waals surface area (Å²) in [5.41, 5.74) is -2.24. The fraction of sp³-hybridized carbons (Fsp3) is 0.488. The van der Waals surface area contributed by atoms with E-state index in [1.165, 1.54) is 13.0 Å². The number of esters is 1. The van der Waals surface area contributed by atoms with Crippen LogP contribution < -0.4 is 10.4 Å². The number of hydrogen-bond donors (Lipinski definition) is 1. The van der Waals surface area contributed by atoms with Crippen LogP contribution in [-0.4, -0.2) is 47.6 Å². The molecule has 284 valence electrons. The number of hydrogen-bond acceptors (Lipinski definition) is 11. The molecule has 8 unspecified atom stereocenters. The van der Waals surface area contributed by atoms with Gasteiger partial charge >= 0.3 is 11.6 Å². The van der Waals surface area contributed by atoms with E-state index in [9.17, 15) is 24.3 Å². The van der Waals surface area contributed by atoms with E-state index in [2.05, 4.69) is 6.92 Å². The first-order valence-corrected chi connectivity index (χ1v) is 18.5. The second-order valence-corrected chi connectivity index (χ2v) is 17.1. The van der Waals surface area contributed by atoms with Crippen molar-refractivity contribution in [1.82, 2.24) is 0 Å². The second kappa shape index (κ2) is 11.6. The third-order valence-corrected chi connectivity index (χ3v) is 13.5. The molecular weight excluding hydrogens is 692 g/mol. The van der Waals surface area contributed by atoms with Crippen molar-refractivity contribution in [3.05, 3.63) is 88.1 Å². The van der Waals surface area contributed by atoms with Crippen molar-refractivity contribution in [1.29, 1.82) is 0 Å². The number of ketones is 2. The maximum Gasteiger partial charge on any atom is 0.336 e. The minimum absolute atomic E-state index is 0.0453. The molecule has 9 rings (SSSR count). The number of epoxide rings is 1. The van der Waals surface area contributed by atoms with Gasteiger partial charge in [-0.1, -0.05) is 33.8 Å². The molecule has 3 fully saturated rings. The van der Waals surface area contributed by atoms with Gasteiger partial charge in [-0.05, 0) is 74.9 Å². The summed E-state index contributed by atoms with van der Waals surface area (Å²) in [6.45, 7) is 14.9. The van der Waals surface area contributed by atoms with Gasteiger partial charge in [-0.25, -0.2) is 4.79 Å². The Bertz CT molecular complexity index is 2370. The Labute approximate surface area is 312 Å². The van der Waals surface area contributed by atoms with Crippen LogP contribution in [0.3, 0.4) is 0 Å². The summed E-state index contributed by atoms with van der Waals surface area (Å²) in [5, 5.41) is 13.3. The average Bonchev–Trinajstić information content (AvgIpc) is 3.35. The van der Waals surface area contributed by atoms with Gasteiger partial charge in [0.2, 0.25) is 5.78 Å². The smallest absolute Gasteiger partial charge is 0.336 e. The quantitative estimate of drug-likeness (QED) is 0.122. The molecule has 1 saturated heterocycles. The van der Waals surface area contributed by atoms with Crippen molar-refractivity contribution >= 4 is 39.5 Å². The lowest BCUT2D eigenvalue weighted by atomic mass is 9.38. The third kappa shape index (κ3) is 4.50. The molecule has 11 nitrogen and oxygen atoms in total. The van der Waals surface area contributed by atoms with Gasteiger partial charge in [0.15, 0.2) is 17.3 Å². The van der Waals surface area contributed by atoms with Crippen LogP contribution in [0, 0.1) is 27.6 Å². The number of allylic oxidation sites excluding steroid dienone is 4. The number of carbonyl (C=O) groups is 3. The number of methoxy groups -OCH3 is 1. The summed E-state index contributed by atoms with van der Waals surface area (Å²) in [5.74, 6) is -0.0665. The maximum atomic E-state index is 14.3. The summed E-state index contributed by atoms with van der Waals surface area (Å²) in [6.07, 6.45) is 7.17. The Hall–Kier alpha value is -4.90. The van der Waals surface area contributed by atoms with E-state index >= 15 is 0 Å². The van der Waals surface area contributed by atoms with Gasteiger partial charge in [-0.2, -0.15) is 0 Å². The second-order valence-electron chi connectivity index (χ2n) is 17.1. The molecule has 5 aliphatic rings. The average molecular weight is 739 g/mol. The minimum atomic E-state index is -1.17. The maximum absolute atomic E-state index is 14.3. The number of fused-ring (bicyclic) bond motifs is 5. The number of benzene rings is 1. The first-order valence-electron chi connectivity index (χ1n) is 18.5. The topological polar surface area (TPSA) is 159 Å². The monoisotopic (exact) mass is 738 g/mol. The van der Waals surface area contributed by atoms with Crippen molar-refractivity contribution in [2.45, 2.75) is 97.9 Å². The summed E-state index contributed by atoms with van der Waals surface area (Å²) in [6, 6.07) is 8.75. The lowest BCUT2D eigenvalue weighted by molar-refractivity contribution is -0.200. The van der Waals surface area contributed by atoms with Crippen molar-refractivity contribution in [2.24, 2.45) is 27.6 Å². The first kappa shape index (κ1) is 36.1. The Kier molecular flexibility index (Phi) is 7.72. The van der Waals surface area contributed by atoms with E-state index in [4.69, 9.17) is 27.5 Å². The molecule has 2 saturated carbocycles. The lowest BCUT2D eigenvalue weighted by Gasteiger charge is -2.64. The Balaban J connectivity index is 0.000000183. The predicted octanol–water partition coefficient (Wildman–Crippen LogP) is 8.11. The van der Waals surface area contributed by atoms with Crippen molar-refractivity contribution in [2.75, 3.05) is 7.11 Å². The lowest BCUT2D eigenvalue weighted by Crippen LogP contribution is -2.70. The molecular formula is C43H46O11. The van der Waals surface area contributed by atoms with Crippen molar-refractivity contribution < 1.29 is 47.0 Å². The number of furan rings is 2. The molecule has 3 aromatic heterocycles. The number of Topliss-reactive ketones (excluding diaryl/α,β-unsaturated/α-hetero) is 1. The minimum Gasteiger partial charge on any atom is -0.504 e. The Morgan fingerprint density at radius 2 is 1.74 bits per heavy atom. The molecule has 4 heterocycles. The zero-order valence-corrected chi connectivity index (χ0v) is 32.0. The molecule has 0 bridgehead atoms. The highest BCUT2D eigenvalue weighted by molar-refractivity contribution is 6.06. The van der Waals surface area contributed by atoms with Crippen molar-refractivity contribution in [3.63, 3.8) is 0 Å².